The molecule has 1 aliphatic rings. The summed E-state index contributed by atoms with van der Waals surface area (Å²) in [5.41, 5.74) is 0.965. The highest BCUT2D eigenvalue weighted by Gasteiger charge is 2.35. The van der Waals surface area contributed by atoms with E-state index in [-0.39, 0.29) is 5.41 Å². The van der Waals surface area contributed by atoms with Crippen molar-refractivity contribution in [3.63, 3.8) is 0 Å². The Morgan fingerprint density at radius 3 is 2.61 bits per heavy atom. The van der Waals surface area contributed by atoms with Crippen molar-refractivity contribution >= 4 is 21.7 Å². The number of benzene rings is 1. The number of carbonyl (C=O) groups excluding carboxylic acids is 1. The van der Waals surface area contributed by atoms with Crippen LogP contribution in [0.4, 0.5) is 0 Å². The van der Waals surface area contributed by atoms with Gasteiger partial charge in [0, 0.05) is 11.8 Å². The average Bonchev–Trinajstić information content (AvgIpc) is 2.78. The van der Waals surface area contributed by atoms with Gasteiger partial charge in [0.25, 0.3) is 0 Å². The minimum Gasteiger partial charge on any atom is -0.496 e. The molecule has 0 saturated heterocycles. The Labute approximate surface area is 117 Å². The molecule has 1 aliphatic carbocycles. The molecule has 98 valence electrons. The van der Waals surface area contributed by atoms with Gasteiger partial charge < -0.3 is 4.74 Å². The van der Waals surface area contributed by atoms with E-state index in [4.69, 9.17) is 4.74 Å². The Balaban J connectivity index is 2.09. The minimum atomic E-state index is -0.0909. The van der Waals surface area contributed by atoms with Gasteiger partial charge in [-0.2, -0.15) is 0 Å². The van der Waals surface area contributed by atoms with E-state index >= 15 is 0 Å². The number of hydrogen-bond donors (Lipinski definition) is 0. The van der Waals surface area contributed by atoms with Gasteiger partial charge in [0.05, 0.1) is 11.6 Å². The van der Waals surface area contributed by atoms with E-state index in [1.165, 1.54) is 12.8 Å². The fourth-order valence-corrected chi connectivity index (χ4v) is 3.24. The van der Waals surface area contributed by atoms with Crippen molar-refractivity contribution < 1.29 is 9.53 Å². The first-order valence-corrected chi connectivity index (χ1v) is 7.20. The van der Waals surface area contributed by atoms with E-state index < -0.39 is 0 Å². The summed E-state index contributed by atoms with van der Waals surface area (Å²) in [5, 5.41) is 0. The molecule has 2 rings (SSSR count). The fraction of sp³-hybridized carbons (Fsp3) is 0.533. The van der Waals surface area contributed by atoms with E-state index in [1.54, 1.807) is 7.11 Å². The predicted molar refractivity (Wildman–Crippen MR) is 76.0 cm³/mol. The highest BCUT2D eigenvalue weighted by molar-refractivity contribution is 9.10. The molecule has 0 radical (unpaired) electrons. The molecule has 0 aliphatic heterocycles. The largest absolute Gasteiger partial charge is 0.496 e. The fourth-order valence-electron chi connectivity index (χ4n) is 2.65. The van der Waals surface area contributed by atoms with Crippen molar-refractivity contribution in [2.45, 2.75) is 39.0 Å². The van der Waals surface area contributed by atoms with Crippen LogP contribution in [0.15, 0.2) is 22.7 Å². The van der Waals surface area contributed by atoms with E-state index in [0.717, 1.165) is 28.6 Å². The molecule has 2 nitrogen and oxygen atoms in total. The van der Waals surface area contributed by atoms with Crippen LogP contribution in [-0.4, -0.2) is 12.9 Å². The van der Waals surface area contributed by atoms with Crippen LogP contribution in [0.3, 0.4) is 0 Å². The van der Waals surface area contributed by atoms with Crippen LogP contribution in [0.5, 0.6) is 5.75 Å². The van der Waals surface area contributed by atoms with Crippen molar-refractivity contribution in [2.24, 2.45) is 5.41 Å². The Morgan fingerprint density at radius 1 is 1.39 bits per heavy atom. The third kappa shape index (κ3) is 2.77. The second-order valence-corrected chi connectivity index (χ2v) is 6.19. The number of halogens is 1. The highest BCUT2D eigenvalue weighted by Crippen LogP contribution is 2.39. The van der Waals surface area contributed by atoms with Gasteiger partial charge >= 0.3 is 0 Å². The van der Waals surface area contributed by atoms with Gasteiger partial charge in [0.1, 0.15) is 11.5 Å². The van der Waals surface area contributed by atoms with E-state index in [9.17, 15) is 4.79 Å². The Hall–Kier alpha value is -0.830. The summed E-state index contributed by atoms with van der Waals surface area (Å²) in [7, 11) is 1.64. The quantitative estimate of drug-likeness (QED) is 0.835. The molecule has 3 heteroatoms. The standard InChI is InChI=1S/C15H19BrO2/c1-15(7-3-4-8-15)14(17)10-11-5-6-13(18-2)12(16)9-11/h5-6,9H,3-4,7-8,10H2,1-2H3. The normalized spacial score (nSPS) is 17.7. The maximum Gasteiger partial charge on any atom is 0.143 e. The number of carbonyl (C=O) groups is 1. The van der Waals surface area contributed by atoms with Crippen molar-refractivity contribution in [1.29, 1.82) is 0 Å². The number of Topliss-reactive ketones (excluding diaryl/α,β-unsaturated/α-hetero) is 1. The number of ketones is 1. The smallest absolute Gasteiger partial charge is 0.143 e. The Morgan fingerprint density at radius 2 is 2.06 bits per heavy atom. The van der Waals surface area contributed by atoms with Crippen LogP contribution in [0.1, 0.15) is 38.2 Å². The Bertz CT molecular complexity index is 448. The lowest BCUT2D eigenvalue weighted by atomic mass is 9.81. The molecule has 18 heavy (non-hydrogen) atoms. The zero-order valence-electron chi connectivity index (χ0n) is 11.0. The number of ether oxygens (including phenoxy) is 1. The lowest BCUT2D eigenvalue weighted by Crippen LogP contribution is -2.25. The summed E-state index contributed by atoms with van der Waals surface area (Å²) in [6.07, 6.45) is 4.99. The van der Waals surface area contributed by atoms with Crippen LogP contribution in [0, 0.1) is 5.41 Å². The van der Waals surface area contributed by atoms with Gasteiger partial charge in [0.2, 0.25) is 0 Å². The van der Waals surface area contributed by atoms with Crippen molar-refractivity contribution in [3.05, 3.63) is 28.2 Å². The lowest BCUT2D eigenvalue weighted by Gasteiger charge is -2.21. The molecule has 0 N–H and O–H groups in total. The maximum absolute atomic E-state index is 12.4. The molecule has 0 unspecified atom stereocenters. The zero-order valence-corrected chi connectivity index (χ0v) is 12.5. The highest BCUT2D eigenvalue weighted by atomic mass is 79.9. The first-order chi connectivity index (χ1) is 8.55. The summed E-state index contributed by atoms with van der Waals surface area (Å²) < 4.78 is 6.10. The number of rotatable bonds is 4. The molecule has 1 saturated carbocycles. The minimum absolute atomic E-state index is 0.0909. The predicted octanol–water partition coefficient (Wildman–Crippen LogP) is 4.15. The molecule has 0 spiro atoms. The number of methoxy groups -OCH3 is 1. The van der Waals surface area contributed by atoms with Gasteiger partial charge in [-0.1, -0.05) is 25.8 Å². The summed E-state index contributed by atoms with van der Waals surface area (Å²) >= 11 is 3.46. The maximum atomic E-state index is 12.4. The van der Waals surface area contributed by atoms with E-state index in [1.807, 2.05) is 18.2 Å². The lowest BCUT2D eigenvalue weighted by molar-refractivity contribution is -0.126. The first-order valence-electron chi connectivity index (χ1n) is 6.41. The molecule has 0 amide bonds. The summed E-state index contributed by atoms with van der Waals surface area (Å²) in [6.45, 7) is 2.11. The summed E-state index contributed by atoms with van der Waals surface area (Å²) in [4.78, 5) is 12.4. The van der Waals surface area contributed by atoms with Crippen LogP contribution in [0.2, 0.25) is 0 Å². The van der Waals surface area contributed by atoms with Crippen LogP contribution < -0.4 is 4.74 Å². The van der Waals surface area contributed by atoms with Gasteiger partial charge in [-0.25, -0.2) is 0 Å². The Kier molecular flexibility index (Phi) is 4.10. The average molecular weight is 311 g/mol. The zero-order chi connectivity index (χ0) is 13.2. The van der Waals surface area contributed by atoms with Crippen LogP contribution >= 0.6 is 15.9 Å². The number of hydrogen-bond acceptors (Lipinski definition) is 2. The molecule has 0 bridgehead atoms. The first kappa shape index (κ1) is 13.6. The molecular formula is C15H19BrO2. The van der Waals surface area contributed by atoms with Crippen molar-refractivity contribution in [3.8, 4) is 5.75 Å². The third-order valence-electron chi connectivity index (χ3n) is 3.96. The monoisotopic (exact) mass is 310 g/mol. The van der Waals surface area contributed by atoms with E-state index in [0.29, 0.717) is 12.2 Å². The third-order valence-corrected chi connectivity index (χ3v) is 4.58. The summed E-state index contributed by atoms with van der Waals surface area (Å²) in [5.74, 6) is 1.18. The topological polar surface area (TPSA) is 26.3 Å². The van der Waals surface area contributed by atoms with Gasteiger partial charge in [-0.05, 0) is 46.5 Å². The van der Waals surface area contributed by atoms with Gasteiger partial charge in [-0.15, -0.1) is 0 Å². The van der Waals surface area contributed by atoms with Crippen LogP contribution in [-0.2, 0) is 11.2 Å². The summed E-state index contributed by atoms with van der Waals surface area (Å²) in [6, 6.07) is 5.86. The molecular weight excluding hydrogens is 292 g/mol. The second kappa shape index (κ2) is 5.43. The van der Waals surface area contributed by atoms with Crippen molar-refractivity contribution in [2.75, 3.05) is 7.11 Å². The van der Waals surface area contributed by atoms with Gasteiger partial charge in [-0.3, -0.25) is 4.79 Å². The van der Waals surface area contributed by atoms with Crippen molar-refractivity contribution in [1.82, 2.24) is 0 Å². The molecule has 0 aromatic heterocycles. The molecule has 1 fully saturated rings. The SMILES string of the molecule is COc1ccc(CC(=O)C2(C)CCCC2)cc1Br. The van der Waals surface area contributed by atoms with Crippen LogP contribution in [0.25, 0.3) is 0 Å². The van der Waals surface area contributed by atoms with E-state index in [2.05, 4.69) is 22.9 Å². The molecule has 0 heterocycles. The van der Waals surface area contributed by atoms with Gasteiger partial charge in [0.15, 0.2) is 0 Å². The molecule has 1 aromatic carbocycles. The molecule has 0 atom stereocenters. The second-order valence-electron chi connectivity index (χ2n) is 5.34. The molecule has 1 aromatic rings.